The number of nitrogens with zero attached hydrogens (tertiary/aromatic N) is 1. The van der Waals surface area contributed by atoms with Crippen molar-refractivity contribution in [2.45, 2.75) is 12.8 Å². The van der Waals surface area contributed by atoms with Gasteiger partial charge in [0.1, 0.15) is 0 Å². The molecule has 2 aromatic rings. The number of aryl methyl sites for hydroxylation is 1. The van der Waals surface area contributed by atoms with Crippen LogP contribution in [-0.4, -0.2) is 10.7 Å². The second kappa shape index (κ2) is 5.42. The van der Waals surface area contributed by atoms with Gasteiger partial charge in [0.2, 0.25) is 0 Å². The molecule has 0 atom stereocenters. The molecule has 3 heteroatoms. The van der Waals surface area contributed by atoms with Gasteiger partial charge in [0.25, 0.3) is 5.56 Å². The molecule has 2 heterocycles. The summed E-state index contributed by atoms with van der Waals surface area (Å²) in [6.45, 7) is 0. The zero-order chi connectivity index (χ0) is 16.8. The van der Waals surface area contributed by atoms with Crippen LogP contribution in [0.5, 0.6) is 0 Å². The summed E-state index contributed by atoms with van der Waals surface area (Å²) in [5.41, 5.74) is 5.57. The molecule has 0 fully saturated rings. The predicted molar refractivity (Wildman–Crippen MR) is 102 cm³/mol. The molecule has 3 aliphatic rings. The topological polar surface area (TPSA) is 45.2 Å². The molecule has 0 aromatic heterocycles. The smallest absolute Gasteiger partial charge is 0.258 e. The summed E-state index contributed by atoms with van der Waals surface area (Å²) in [5.74, 6) is 0. The maximum atomic E-state index is 12.5. The monoisotopic (exact) mass is 324 g/mol. The van der Waals surface area contributed by atoms with Crippen molar-refractivity contribution >= 4 is 22.2 Å². The van der Waals surface area contributed by atoms with Gasteiger partial charge in [-0.1, -0.05) is 48.5 Å². The minimum absolute atomic E-state index is 0.0517. The van der Waals surface area contributed by atoms with Gasteiger partial charge in [0.15, 0.2) is 0 Å². The number of nitrogens with one attached hydrogen (secondary N) is 1. The molecule has 0 spiro atoms. The third-order valence-electron chi connectivity index (χ3n) is 4.90. The number of fused-ring (bicyclic) bond motifs is 3. The van der Waals surface area contributed by atoms with E-state index in [4.69, 9.17) is 4.99 Å². The molecule has 120 valence electrons. The van der Waals surface area contributed by atoms with Crippen molar-refractivity contribution in [2.24, 2.45) is 4.99 Å². The summed E-state index contributed by atoms with van der Waals surface area (Å²) >= 11 is 0. The number of rotatable bonds is 1. The molecular formula is C22H16N2O. The van der Waals surface area contributed by atoms with E-state index in [1.165, 1.54) is 16.3 Å². The average molecular weight is 324 g/mol. The number of aromatic nitrogens is 1. The summed E-state index contributed by atoms with van der Waals surface area (Å²) < 4.78 is 0. The van der Waals surface area contributed by atoms with Crippen molar-refractivity contribution in [3.63, 3.8) is 0 Å². The van der Waals surface area contributed by atoms with Crippen LogP contribution in [0.15, 0.2) is 76.5 Å². The van der Waals surface area contributed by atoms with Crippen molar-refractivity contribution in [1.82, 2.24) is 4.98 Å². The molecule has 0 saturated carbocycles. The Hall–Kier alpha value is -3.20. The van der Waals surface area contributed by atoms with Crippen molar-refractivity contribution in [3.8, 4) is 11.3 Å². The number of hydrogen-bond acceptors (Lipinski definition) is 2. The lowest BCUT2D eigenvalue weighted by Crippen LogP contribution is -2.16. The maximum Gasteiger partial charge on any atom is 0.258 e. The SMILES string of the molecule is O=c1[nH]c2cccccc-2c1C1=Nc2cc3ccccc3cc2CC1. The van der Waals surface area contributed by atoms with Crippen LogP contribution < -0.4 is 5.56 Å². The first-order chi connectivity index (χ1) is 12.3. The molecule has 0 bridgehead atoms. The van der Waals surface area contributed by atoms with Gasteiger partial charge >= 0.3 is 0 Å². The van der Waals surface area contributed by atoms with Crippen LogP contribution in [-0.2, 0) is 6.42 Å². The molecule has 3 nitrogen and oxygen atoms in total. The molecule has 0 radical (unpaired) electrons. The lowest BCUT2D eigenvalue weighted by molar-refractivity contribution is 1.01. The van der Waals surface area contributed by atoms with Crippen LogP contribution in [0.3, 0.4) is 0 Å². The zero-order valence-electron chi connectivity index (χ0n) is 13.6. The van der Waals surface area contributed by atoms with Crippen molar-refractivity contribution in [1.29, 1.82) is 0 Å². The van der Waals surface area contributed by atoms with Gasteiger partial charge in [-0.05, 0) is 47.4 Å². The van der Waals surface area contributed by atoms with E-state index in [0.29, 0.717) is 5.56 Å². The van der Waals surface area contributed by atoms with Gasteiger partial charge in [0.05, 0.1) is 17.0 Å². The van der Waals surface area contributed by atoms with E-state index in [1.807, 2.05) is 36.4 Å². The molecule has 5 rings (SSSR count). The minimum Gasteiger partial charge on any atom is -0.321 e. The Labute approximate surface area is 145 Å². The first-order valence-corrected chi connectivity index (χ1v) is 8.50. The van der Waals surface area contributed by atoms with Crippen LogP contribution in [0, 0.1) is 0 Å². The van der Waals surface area contributed by atoms with Gasteiger partial charge in [-0.15, -0.1) is 0 Å². The Morgan fingerprint density at radius 1 is 0.840 bits per heavy atom. The summed E-state index contributed by atoms with van der Waals surface area (Å²) in [4.78, 5) is 20.4. The van der Waals surface area contributed by atoms with E-state index < -0.39 is 0 Å². The molecule has 0 unspecified atom stereocenters. The van der Waals surface area contributed by atoms with Crippen molar-refractivity contribution < 1.29 is 0 Å². The Bertz CT molecular complexity index is 1170. The van der Waals surface area contributed by atoms with E-state index in [-0.39, 0.29) is 5.56 Å². The Morgan fingerprint density at radius 2 is 1.60 bits per heavy atom. The van der Waals surface area contributed by atoms with Gasteiger partial charge in [-0.2, -0.15) is 0 Å². The van der Waals surface area contributed by atoms with E-state index in [9.17, 15) is 4.79 Å². The van der Waals surface area contributed by atoms with Crippen molar-refractivity contribution in [3.05, 3.63) is 88.2 Å². The molecule has 1 aliphatic carbocycles. The summed E-state index contributed by atoms with van der Waals surface area (Å²) in [5, 5.41) is 2.42. The summed E-state index contributed by atoms with van der Waals surface area (Å²) in [7, 11) is 0. The highest BCUT2D eigenvalue weighted by Crippen LogP contribution is 2.33. The third-order valence-corrected chi connectivity index (χ3v) is 4.90. The Morgan fingerprint density at radius 3 is 2.48 bits per heavy atom. The van der Waals surface area contributed by atoms with E-state index in [0.717, 1.165) is 35.5 Å². The molecule has 2 aliphatic heterocycles. The summed E-state index contributed by atoms with van der Waals surface area (Å²) in [6, 6.07) is 22.5. The fourth-order valence-corrected chi connectivity index (χ4v) is 3.68. The van der Waals surface area contributed by atoms with Crippen molar-refractivity contribution in [2.75, 3.05) is 0 Å². The quantitative estimate of drug-likeness (QED) is 0.542. The van der Waals surface area contributed by atoms with Gasteiger partial charge in [0, 0.05) is 11.3 Å². The number of aromatic amines is 1. The maximum absolute atomic E-state index is 12.5. The average Bonchev–Trinajstić information content (AvgIpc) is 2.79. The van der Waals surface area contributed by atoms with Crippen LogP contribution in [0.25, 0.3) is 22.0 Å². The highest BCUT2D eigenvalue weighted by molar-refractivity contribution is 6.08. The Kier molecular flexibility index (Phi) is 3.07. The predicted octanol–water partition coefficient (Wildman–Crippen LogP) is 4.70. The summed E-state index contributed by atoms with van der Waals surface area (Å²) in [6.07, 6.45) is 1.69. The minimum atomic E-state index is -0.0517. The standard InChI is InChI=1S/C22H16N2O/c25-22-21(17-8-2-1-3-9-18(17)24-22)19-11-10-16-12-14-6-4-5-7-15(14)13-20(16)23-19/h1-9,12-13H,10-11H2,(H,24,25). The number of hydrogen-bond donors (Lipinski definition) is 1. The molecule has 1 N–H and O–H groups in total. The van der Waals surface area contributed by atoms with Gasteiger partial charge in [-0.3, -0.25) is 9.79 Å². The first kappa shape index (κ1) is 14.2. The second-order valence-corrected chi connectivity index (χ2v) is 6.45. The lowest BCUT2D eigenvalue weighted by Gasteiger charge is -2.16. The molecular weight excluding hydrogens is 308 g/mol. The van der Waals surface area contributed by atoms with E-state index in [2.05, 4.69) is 35.3 Å². The first-order valence-electron chi connectivity index (χ1n) is 8.50. The van der Waals surface area contributed by atoms with Crippen LogP contribution in [0.2, 0.25) is 0 Å². The number of aliphatic imine (C=N–C) groups is 1. The highest BCUT2D eigenvalue weighted by Gasteiger charge is 2.22. The molecule has 25 heavy (non-hydrogen) atoms. The third kappa shape index (κ3) is 2.28. The number of H-pyrrole nitrogens is 1. The largest absolute Gasteiger partial charge is 0.321 e. The molecule has 2 aromatic carbocycles. The van der Waals surface area contributed by atoms with E-state index in [1.54, 1.807) is 0 Å². The van der Waals surface area contributed by atoms with Crippen LogP contribution >= 0.6 is 0 Å². The zero-order valence-corrected chi connectivity index (χ0v) is 13.6. The fourth-order valence-electron chi connectivity index (χ4n) is 3.68. The van der Waals surface area contributed by atoms with Gasteiger partial charge in [-0.25, -0.2) is 0 Å². The fraction of sp³-hybridized carbons (Fsp3) is 0.0909. The van der Waals surface area contributed by atoms with Crippen LogP contribution in [0.4, 0.5) is 5.69 Å². The second-order valence-electron chi connectivity index (χ2n) is 6.45. The lowest BCUT2D eigenvalue weighted by atomic mass is 9.94. The van der Waals surface area contributed by atoms with Gasteiger partial charge < -0.3 is 4.98 Å². The molecule has 0 saturated heterocycles. The molecule has 0 amide bonds. The van der Waals surface area contributed by atoms with Crippen LogP contribution in [0.1, 0.15) is 17.5 Å². The Balaban J connectivity index is 1.71. The highest BCUT2D eigenvalue weighted by atomic mass is 16.1. The number of benzene rings is 2. The normalized spacial score (nSPS) is 13.7. The van der Waals surface area contributed by atoms with E-state index >= 15 is 0 Å².